The molecule has 0 atom stereocenters. The number of anilines is 1. The number of amides is 1. The van der Waals surface area contributed by atoms with E-state index in [0.717, 1.165) is 11.6 Å². The maximum atomic E-state index is 11.9. The molecule has 0 unspecified atom stereocenters. The molecule has 0 aliphatic carbocycles. The minimum Gasteiger partial charge on any atom is -0.482 e. The van der Waals surface area contributed by atoms with Gasteiger partial charge in [-0.15, -0.1) is 0 Å². The zero-order valence-electron chi connectivity index (χ0n) is 14.0. The Bertz CT molecular complexity index is 888. The van der Waals surface area contributed by atoms with Gasteiger partial charge in [-0.05, 0) is 42.8 Å². The van der Waals surface area contributed by atoms with E-state index in [-0.39, 0.29) is 16.4 Å². The largest absolute Gasteiger partial charge is 0.482 e. The third-order valence-corrected chi connectivity index (χ3v) is 3.75. The summed E-state index contributed by atoms with van der Waals surface area (Å²) in [5.74, 6) is -1.08. The Morgan fingerprint density at radius 1 is 1.11 bits per heavy atom. The molecule has 0 saturated heterocycles. The molecule has 0 aliphatic heterocycles. The highest BCUT2D eigenvalue weighted by atomic mass is 35.5. The number of rotatable bonds is 7. The number of benzene rings is 2. The lowest BCUT2D eigenvalue weighted by molar-refractivity contribution is -0.383. The van der Waals surface area contributed by atoms with Gasteiger partial charge >= 0.3 is 5.97 Å². The Morgan fingerprint density at radius 3 is 2.44 bits per heavy atom. The number of carbonyl (C=O) groups is 2. The number of esters is 1. The van der Waals surface area contributed by atoms with Crippen molar-refractivity contribution in [3.05, 3.63) is 62.1 Å². The van der Waals surface area contributed by atoms with Crippen molar-refractivity contribution in [2.24, 2.45) is 0 Å². The number of nitro groups is 1. The fraction of sp³-hybridized carbons (Fsp3) is 0.176. The van der Waals surface area contributed by atoms with Gasteiger partial charge in [-0.25, -0.2) is 4.79 Å². The molecular formula is C17H14Cl2N2O6. The van der Waals surface area contributed by atoms with Crippen molar-refractivity contribution in [2.45, 2.75) is 6.92 Å². The van der Waals surface area contributed by atoms with Gasteiger partial charge in [-0.2, -0.15) is 0 Å². The van der Waals surface area contributed by atoms with Crippen LogP contribution in [0.25, 0.3) is 0 Å². The van der Waals surface area contributed by atoms with Gasteiger partial charge in [0.25, 0.3) is 11.6 Å². The molecule has 27 heavy (non-hydrogen) atoms. The molecule has 1 amide bonds. The standard InChI is InChI=1S/C17H14Cl2N2O6/c1-10-6-11(18)3-5-15(10)26-9-17(23)27-8-16(22)20-13-7-12(19)2-4-14(13)21(24)25/h2-7H,8-9H2,1H3,(H,20,22). The Kier molecular flexibility index (Phi) is 6.98. The zero-order valence-corrected chi connectivity index (χ0v) is 15.5. The highest BCUT2D eigenvalue weighted by molar-refractivity contribution is 6.31. The number of carbonyl (C=O) groups excluding carboxylic acids is 2. The van der Waals surface area contributed by atoms with Gasteiger partial charge in [-0.1, -0.05) is 23.2 Å². The second-order valence-electron chi connectivity index (χ2n) is 5.33. The van der Waals surface area contributed by atoms with Crippen molar-refractivity contribution in [3.63, 3.8) is 0 Å². The van der Waals surface area contributed by atoms with Crippen molar-refractivity contribution >= 4 is 46.5 Å². The molecule has 0 saturated carbocycles. The van der Waals surface area contributed by atoms with Crippen molar-refractivity contribution in [3.8, 4) is 5.75 Å². The van der Waals surface area contributed by atoms with Crippen LogP contribution in [0.3, 0.4) is 0 Å². The van der Waals surface area contributed by atoms with Crippen LogP contribution >= 0.6 is 23.2 Å². The zero-order chi connectivity index (χ0) is 20.0. The molecule has 0 heterocycles. The molecule has 0 spiro atoms. The predicted molar refractivity (Wildman–Crippen MR) is 99.4 cm³/mol. The highest BCUT2D eigenvalue weighted by Crippen LogP contribution is 2.27. The van der Waals surface area contributed by atoms with E-state index in [1.54, 1.807) is 25.1 Å². The van der Waals surface area contributed by atoms with Gasteiger partial charge < -0.3 is 14.8 Å². The number of ether oxygens (including phenoxy) is 2. The summed E-state index contributed by atoms with van der Waals surface area (Å²) in [5.41, 5.74) is 0.309. The van der Waals surface area contributed by atoms with Crippen molar-refractivity contribution in [1.29, 1.82) is 0 Å². The Hall–Kier alpha value is -2.84. The minimum absolute atomic E-state index is 0.0958. The maximum absolute atomic E-state index is 11.9. The second kappa shape index (κ2) is 9.20. The van der Waals surface area contributed by atoms with Gasteiger partial charge in [0, 0.05) is 16.1 Å². The molecule has 0 aliphatic rings. The summed E-state index contributed by atoms with van der Waals surface area (Å²) in [6, 6.07) is 8.60. The third-order valence-electron chi connectivity index (χ3n) is 3.28. The molecule has 0 aromatic heterocycles. The van der Waals surface area contributed by atoms with Gasteiger partial charge in [0.1, 0.15) is 11.4 Å². The lowest BCUT2D eigenvalue weighted by Gasteiger charge is -2.10. The highest BCUT2D eigenvalue weighted by Gasteiger charge is 2.17. The van der Waals surface area contributed by atoms with Crippen molar-refractivity contribution in [1.82, 2.24) is 0 Å². The molecule has 1 N–H and O–H groups in total. The van der Waals surface area contributed by atoms with Crippen LogP contribution in [0.5, 0.6) is 5.75 Å². The van der Waals surface area contributed by atoms with Crippen molar-refractivity contribution in [2.75, 3.05) is 18.5 Å². The summed E-state index contributed by atoms with van der Waals surface area (Å²) in [6.45, 7) is 0.719. The van der Waals surface area contributed by atoms with E-state index >= 15 is 0 Å². The first-order valence-corrected chi connectivity index (χ1v) is 8.30. The first-order valence-electron chi connectivity index (χ1n) is 7.54. The van der Waals surface area contributed by atoms with Gasteiger partial charge in [0.05, 0.1) is 4.92 Å². The van der Waals surface area contributed by atoms with Gasteiger partial charge in [0.2, 0.25) is 0 Å². The summed E-state index contributed by atoms with van der Waals surface area (Å²) in [5, 5.41) is 14.0. The first kappa shape index (κ1) is 20.5. The maximum Gasteiger partial charge on any atom is 0.344 e. The van der Waals surface area contributed by atoms with Crippen LogP contribution in [0, 0.1) is 17.0 Å². The molecular weight excluding hydrogens is 399 g/mol. The molecule has 8 nitrogen and oxygen atoms in total. The van der Waals surface area contributed by atoms with E-state index in [9.17, 15) is 19.7 Å². The summed E-state index contributed by atoms with van der Waals surface area (Å²) in [6.07, 6.45) is 0. The Morgan fingerprint density at radius 2 is 1.78 bits per heavy atom. The molecule has 2 aromatic carbocycles. The Labute approximate surface area is 164 Å². The smallest absolute Gasteiger partial charge is 0.344 e. The molecule has 10 heteroatoms. The summed E-state index contributed by atoms with van der Waals surface area (Å²) in [7, 11) is 0. The van der Waals surface area contributed by atoms with Crippen LogP contribution in [0.2, 0.25) is 10.0 Å². The van der Waals surface area contributed by atoms with E-state index in [2.05, 4.69) is 5.32 Å². The number of nitrogens with zero attached hydrogens (tertiary/aromatic N) is 1. The molecule has 0 radical (unpaired) electrons. The number of aryl methyl sites for hydroxylation is 1. The van der Waals surface area contributed by atoms with Gasteiger partial charge in [-0.3, -0.25) is 14.9 Å². The van der Waals surface area contributed by atoms with Crippen LogP contribution in [0.4, 0.5) is 11.4 Å². The van der Waals surface area contributed by atoms with E-state index in [4.69, 9.17) is 32.7 Å². The number of hydrogen-bond acceptors (Lipinski definition) is 6. The number of nitrogens with one attached hydrogen (secondary N) is 1. The van der Waals surface area contributed by atoms with E-state index in [1.165, 1.54) is 12.1 Å². The summed E-state index contributed by atoms with van der Waals surface area (Å²) < 4.78 is 10.1. The predicted octanol–water partition coefficient (Wildman–Crippen LogP) is 3.77. The van der Waals surface area contributed by atoms with E-state index in [0.29, 0.717) is 10.8 Å². The first-order chi connectivity index (χ1) is 12.8. The van der Waals surface area contributed by atoms with Gasteiger partial charge in [0.15, 0.2) is 13.2 Å². The lowest BCUT2D eigenvalue weighted by atomic mass is 10.2. The third kappa shape index (κ3) is 6.12. The molecule has 2 rings (SSSR count). The van der Waals surface area contributed by atoms with Crippen LogP contribution in [0.15, 0.2) is 36.4 Å². The number of nitro benzene ring substituents is 1. The minimum atomic E-state index is -0.778. The van der Waals surface area contributed by atoms with Crippen molar-refractivity contribution < 1.29 is 24.0 Å². The monoisotopic (exact) mass is 412 g/mol. The average molecular weight is 413 g/mol. The van der Waals surface area contributed by atoms with Crippen LogP contribution in [-0.4, -0.2) is 30.0 Å². The lowest BCUT2D eigenvalue weighted by Crippen LogP contribution is -2.24. The number of halogens is 2. The average Bonchev–Trinajstić information content (AvgIpc) is 2.59. The fourth-order valence-corrected chi connectivity index (χ4v) is 2.45. The molecule has 2 aromatic rings. The molecule has 0 bridgehead atoms. The second-order valence-corrected chi connectivity index (χ2v) is 6.20. The van der Waals surface area contributed by atoms with Crippen LogP contribution < -0.4 is 10.1 Å². The SMILES string of the molecule is Cc1cc(Cl)ccc1OCC(=O)OCC(=O)Nc1cc(Cl)ccc1[N+](=O)[O-]. The normalized spacial score (nSPS) is 10.2. The molecule has 0 fully saturated rings. The van der Waals surface area contributed by atoms with E-state index in [1.807, 2.05) is 0 Å². The van der Waals surface area contributed by atoms with Crippen LogP contribution in [0.1, 0.15) is 5.56 Å². The van der Waals surface area contributed by atoms with Crippen LogP contribution in [-0.2, 0) is 14.3 Å². The summed E-state index contributed by atoms with van der Waals surface area (Å²) in [4.78, 5) is 33.8. The quantitative estimate of drug-likeness (QED) is 0.421. The fourth-order valence-electron chi connectivity index (χ4n) is 2.05. The topological polar surface area (TPSA) is 108 Å². The van der Waals surface area contributed by atoms with E-state index < -0.39 is 30.0 Å². The summed E-state index contributed by atoms with van der Waals surface area (Å²) >= 11 is 11.6. The number of hydrogen-bond donors (Lipinski definition) is 1. The molecule has 142 valence electrons. The Balaban J connectivity index is 1.86.